The molecule has 0 aliphatic heterocycles. The second-order valence-electron chi connectivity index (χ2n) is 5.71. The number of Topliss-reactive ketones (excluding diaryl/α,β-unsaturated/α-hetero) is 1. The van der Waals surface area contributed by atoms with Crippen LogP contribution >= 0.6 is 0 Å². The van der Waals surface area contributed by atoms with Gasteiger partial charge in [0.1, 0.15) is 5.82 Å². The lowest BCUT2D eigenvalue weighted by atomic mass is 10.2. The van der Waals surface area contributed by atoms with Gasteiger partial charge in [0.15, 0.2) is 11.6 Å². The van der Waals surface area contributed by atoms with Gasteiger partial charge in [-0.15, -0.1) is 0 Å². The van der Waals surface area contributed by atoms with Gasteiger partial charge in [0.25, 0.3) is 0 Å². The molecule has 0 aliphatic carbocycles. The molecule has 0 bridgehead atoms. The fraction of sp³-hybridized carbons (Fsp3) is 0.176. The van der Waals surface area contributed by atoms with Gasteiger partial charge >= 0.3 is 0 Å². The van der Waals surface area contributed by atoms with E-state index in [9.17, 15) is 13.2 Å². The van der Waals surface area contributed by atoms with E-state index in [4.69, 9.17) is 0 Å². The number of pyridine rings is 1. The number of hydrogen-bond donors (Lipinski definition) is 2. The summed E-state index contributed by atoms with van der Waals surface area (Å²) in [4.78, 5) is 19.7. The molecule has 26 heavy (non-hydrogen) atoms. The van der Waals surface area contributed by atoms with Crippen molar-refractivity contribution in [3.8, 4) is 11.4 Å². The Morgan fingerprint density at radius 1 is 1.19 bits per heavy atom. The second-order valence-corrected chi connectivity index (χ2v) is 7.42. The van der Waals surface area contributed by atoms with E-state index in [1.807, 2.05) is 6.07 Å². The first-order valence-electron chi connectivity index (χ1n) is 7.83. The Morgan fingerprint density at radius 3 is 2.54 bits per heavy atom. The van der Waals surface area contributed by atoms with Gasteiger partial charge in [-0.1, -0.05) is 12.1 Å². The SMILES string of the molecule is CC(=O)c1ccc(S(=O)(=O)NC(C)c2nc(-c3cccnc3)n[nH]2)cc1. The summed E-state index contributed by atoms with van der Waals surface area (Å²) in [6, 6.07) is 8.71. The summed E-state index contributed by atoms with van der Waals surface area (Å²) in [6.45, 7) is 3.09. The van der Waals surface area contributed by atoms with Crippen molar-refractivity contribution in [2.24, 2.45) is 0 Å². The number of aromatic amines is 1. The number of benzene rings is 1. The molecule has 0 fully saturated rings. The average Bonchev–Trinajstić information content (AvgIpc) is 3.12. The van der Waals surface area contributed by atoms with Crippen LogP contribution in [0, 0.1) is 0 Å². The highest BCUT2D eigenvalue weighted by Crippen LogP contribution is 2.18. The molecule has 1 aromatic carbocycles. The Hall–Kier alpha value is -2.91. The first-order valence-corrected chi connectivity index (χ1v) is 9.31. The van der Waals surface area contributed by atoms with Crippen LogP contribution in [0.15, 0.2) is 53.7 Å². The van der Waals surface area contributed by atoms with Crippen molar-refractivity contribution in [2.75, 3.05) is 0 Å². The van der Waals surface area contributed by atoms with Crippen molar-refractivity contribution in [3.63, 3.8) is 0 Å². The summed E-state index contributed by atoms with van der Waals surface area (Å²) in [5.41, 5.74) is 1.18. The molecular formula is C17H17N5O3S. The third kappa shape index (κ3) is 3.84. The summed E-state index contributed by atoms with van der Waals surface area (Å²) in [7, 11) is -3.77. The molecule has 1 unspecified atom stereocenters. The zero-order valence-electron chi connectivity index (χ0n) is 14.2. The largest absolute Gasteiger partial charge is 0.295 e. The fourth-order valence-corrected chi connectivity index (χ4v) is 3.53. The van der Waals surface area contributed by atoms with Crippen molar-refractivity contribution < 1.29 is 13.2 Å². The third-order valence-electron chi connectivity index (χ3n) is 3.74. The maximum absolute atomic E-state index is 12.5. The minimum atomic E-state index is -3.77. The normalized spacial score (nSPS) is 12.7. The summed E-state index contributed by atoms with van der Waals surface area (Å²) >= 11 is 0. The van der Waals surface area contributed by atoms with Gasteiger partial charge in [-0.2, -0.15) is 5.10 Å². The maximum atomic E-state index is 12.5. The molecule has 2 aromatic heterocycles. The second kappa shape index (κ2) is 7.14. The molecule has 0 amide bonds. The molecular weight excluding hydrogens is 354 g/mol. The highest BCUT2D eigenvalue weighted by atomic mass is 32.2. The molecule has 9 heteroatoms. The minimum Gasteiger partial charge on any atom is -0.295 e. The predicted octanol–water partition coefficient (Wildman–Crippen LogP) is 2.11. The molecule has 0 radical (unpaired) electrons. The van der Waals surface area contributed by atoms with Crippen molar-refractivity contribution in [1.82, 2.24) is 24.9 Å². The number of H-pyrrole nitrogens is 1. The van der Waals surface area contributed by atoms with Crippen LogP contribution in [0.3, 0.4) is 0 Å². The molecule has 0 spiro atoms. The van der Waals surface area contributed by atoms with Gasteiger partial charge in [0.2, 0.25) is 10.0 Å². The van der Waals surface area contributed by atoms with Crippen LogP contribution in [0.5, 0.6) is 0 Å². The molecule has 0 aliphatic rings. The molecule has 8 nitrogen and oxygen atoms in total. The Bertz CT molecular complexity index is 1010. The zero-order valence-corrected chi connectivity index (χ0v) is 15.0. The Morgan fingerprint density at radius 2 is 1.92 bits per heavy atom. The number of rotatable bonds is 6. The standard InChI is InChI=1S/C17H17N5O3S/c1-11(16-19-17(21-20-16)14-4-3-9-18-10-14)22-26(24,25)15-7-5-13(6-8-15)12(2)23/h3-11,22H,1-2H3,(H,19,20,21). The number of aromatic nitrogens is 4. The van der Waals surface area contributed by atoms with E-state index >= 15 is 0 Å². The molecule has 2 N–H and O–H groups in total. The highest BCUT2D eigenvalue weighted by molar-refractivity contribution is 7.89. The molecule has 0 saturated heterocycles. The van der Waals surface area contributed by atoms with Crippen molar-refractivity contribution >= 4 is 15.8 Å². The van der Waals surface area contributed by atoms with E-state index < -0.39 is 16.1 Å². The monoisotopic (exact) mass is 371 g/mol. The quantitative estimate of drug-likeness (QED) is 0.641. The molecule has 3 aromatic rings. The predicted molar refractivity (Wildman–Crippen MR) is 94.8 cm³/mol. The Balaban J connectivity index is 1.77. The lowest BCUT2D eigenvalue weighted by Crippen LogP contribution is -2.27. The van der Waals surface area contributed by atoms with Crippen LogP contribution in [0.4, 0.5) is 0 Å². The van der Waals surface area contributed by atoms with Gasteiger partial charge in [0, 0.05) is 23.5 Å². The fourth-order valence-electron chi connectivity index (χ4n) is 2.32. The number of nitrogens with one attached hydrogen (secondary N) is 2. The highest BCUT2D eigenvalue weighted by Gasteiger charge is 2.21. The first kappa shape index (κ1) is 17.9. The summed E-state index contributed by atoms with van der Waals surface area (Å²) in [6.07, 6.45) is 3.27. The number of hydrogen-bond acceptors (Lipinski definition) is 6. The lowest BCUT2D eigenvalue weighted by Gasteiger charge is -2.12. The smallest absolute Gasteiger partial charge is 0.241 e. The first-order chi connectivity index (χ1) is 12.4. The number of carbonyl (C=O) groups excluding carboxylic acids is 1. The van der Waals surface area contributed by atoms with Crippen LogP contribution in [-0.4, -0.2) is 34.4 Å². The average molecular weight is 371 g/mol. The molecule has 1 atom stereocenters. The van der Waals surface area contributed by atoms with Crippen LogP contribution in [0.1, 0.15) is 36.1 Å². The number of carbonyl (C=O) groups is 1. The van der Waals surface area contributed by atoms with Gasteiger partial charge < -0.3 is 0 Å². The van der Waals surface area contributed by atoms with E-state index in [1.165, 1.54) is 31.2 Å². The number of nitrogens with zero attached hydrogens (tertiary/aromatic N) is 3. The van der Waals surface area contributed by atoms with Crippen LogP contribution in [0.25, 0.3) is 11.4 Å². The van der Waals surface area contributed by atoms with E-state index in [-0.39, 0.29) is 10.7 Å². The Kier molecular flexibility index (Phi) is 4.92. The molecule has 2 heterocycles. The summed E-state index contributed by atoms with van der Waals surface area (Å²) in [5, 5.41) is 6.83. The van der Waals surface area contributed by atoms with Crippen molar-refractivity contribution in [1.29, 1.82) is 0 Å². The van der Waals surface area contributed by atoms with Crippen LogP contribution < -0.4 is 4.72 Å². The van der Waals surface area contributed by atoms with Crippen LogP contribution in [-0.2, 0) is 10.0 Å². The van der Waals surface area contributed by atoms with Crippen molar-refractivity contribution in [2.45, 2.75) is 24.8 Å². The minimum absolute atomic E-state index is 0.0707. The third-order valence-corrected chi connectivity index (χ3v) is 5.29. The van der Waals surface area contributed by atoms with E-state index in [1.54, 1.807) is 25.4 Å². The van der Waals surface area contributed by atoms with Gasteiger partial charge in [-0.05, 0) is 38.1 Å². The molecule has 3 rings (SSSR count). The van der Waals surface area contributed by atoms with Gasteiger partial charge in [-0.25, -0.2) is 18.1 Å². The van der Waals surface area contributed by atoms with Gasteiger partial charge in [0.05, 0.1) is 10.9 Å². The summed E-state index contributed by atoms with van der Waals surface area (Å²) < 4.78 is 27.6. The molecule has 0 saturated carbocycles. The maximum Gasteiger partial charge on any atom is 0.241 e. The van der Waals surface area contributed by atoms with E-state index in [2.05, 4.69) is 24.9 Å². The topological polar surface area (TPSA) is 118 Å². The zero-order chi connectivity index (χ0) is 18.7. The Labute approximate surface area is 150 Å². The van der Waals surface area contributed by atoms with Crippen molar-refractivity contribution in [3.05, 3.63) is 60.2 Å². The summed E-state index contributed by atoms with van der Waals surface area (Å²) in [5.74, 6) is 0.692. The van der Waals surface area contributed by atoms with E-state index in [0.717, 1.165) is 5.56 Å². The van der Waals surface area contributed by atoms with Gasteiger partial charge in [-0.3, -0.25) is 14.9 Å². The number of sulfonamides is 1. The van der Waals surface area contributed by atoms with E-state index in [0.29, 0.717) is 17.2 Å². The lowest BCUT2D eigenvalue weighted by molar-refractivity contribution is 0.101. The number of ketones is 1. The van der Waals surface area contributed by atoms with Crippen LogP contribution in [0.2, 0.25) is 0 Å². The molecule has 134 valence electrons.